The van der Waals surface area contributed by atoms with Gasteiger partial charge in [0, 0.05) is 12.2 Å². The van der Waals surface area contributed by atoms with Gasteiger partial charge in [0.1, 0.15) is 18.6 Å². The summed E-state index contributed by atoms with van der Waals surface area (Å²) in [5, 5.41) is 21.8. The Hall–Kier alpha value is -1.35. The third kappa shape index (κ3) is 12.1. The van der Waals surface area contributed by atoms with E-state index in [1.807, 2.05) is 0 Å². The molecule has 0 unspecified atom stereocenters. The molecule has 0 aromatic heterocycles. The van der Waals surface area contributed by atoms with Crippen LogP contribution in [0.1, 0.15) is 12.8 Å². The first kappa shape index (κ1) is 24.7. The lowest BCUT2D eigenvalue weighted by Crippen LogP contribution is -2.49. The molecular formula is C10H18N3O10PS2. The Labute approximate surface area is 157 Å². The van der Waals surface area contributed by atoms with E-state index in [9.17, 15) is 23.7 Å². The summed E-state index contributed by atoms with van der Waals surface area (Å²) in [4.78, 5) is 61.8. The van der Waals surface area contributed by atoms with E-state index in [1.165, 1.54) is 0 Å². The number of hydrogen-bond acceptors (Lipinski definition) is 9. The number of thiol groups is 1. The number of carboxylic acids is 2. The van der Waals surface area contributed by atoms with Gasteiger partial charge in [0.25, 0.3) is 0 Å². The molecule has 0 aromatic carbocycles. The molecule has 0 heterocycles. The summed E-state index contributed by atoms with van der Waals surface area (Å²) in [5.41, 5.74) is 0. The molecule has 26 heavy (non-hydrogen) atoms. The van der Waals surface area contributed by atoms with Gasteiger partial charge in [-0.3, -0.25) is 19.2 Å². The van der Waals surface area contributed by atoms with Gasteiger partial charge in [0.15, 0.2) is 0 Å². The van der Waals surface area contributed by atoms with Crippen LogP contribution in [0.15, 0.2) is 0 Å². The van der Waals surface area contributed by atoms with Crippen LogP contribution in [0.3, 0.4) is 0 Å². The van der Waals surface area contributed by atoms with Crippen LogP contribution in [0, 0.1) is 0 Å². The van der Waals surface area contributed by atoms with Crippen molar-refractivity contribution >= 4 is 56.4 Å². The van der Waals surface area contributed by atoms with E-state index in [2.05, 4.69) is 32.0 Å². The van der Waals surface area contributed by atoms with E-state index in [1.54, 1.807) is 0 Å². The first-order chi connectivity index (χ1) is 12.0. The fraction of sp³-hybridized carbons (Fsp3) is 0.600. The molecule has 2 atom stereocenters. The predicted octanol–water partition coefficient (Wildman–Crippen LogP) is -1.90. The van der Waals surface area contributed by atoms with Crippen molar-refractivity contribution in [2.75, 3.05) is 12.3 Å². The van der Waals surface area contributed by atoms with Crippen molar-refractivity contribution in [3.8, 4) is 0 Å². The van der Waals surface area contributed by atoms with Gasteiger partial charge in [0.2, 0.25) is 11.8 Å². The lowest BCUT2D eigenvalue weighted by molar-refractivity contribution is -0.139. The molecule has 0 fully saturated rings. The highest BCUT2D eigenvalue weighted by Gasteiger charge is 2.24. The molecule has 0 rings (SSSR count). The standard InChI is InChI=1S/C10H18N3O10PS2/c14-7(12-6(4-25)9(17)11-3-8(15)16)2-1-5(10(18)19)13-26-23-24(20,21)22/h5-6,13,25H,1-4H2,(H,11,17)(H,12,14)(H,15,16)(H,18,19)(H2,20,21,22)/t5-,6-/m0/s1. The molecule has 13 nitrogen and oxygen atoms in total. The van der Waals surface area contributed by atoms with Gasteiger partial charge in [-0.05, 0) is 6.42 Å². The smallest absolute Gasteiger partial charge is 0.480 e. The van der Waals surface area contributed by atoms with Gasteiger partial charge < -0.3 is 30.6 Å². The van der Waals surface area contributed by atoms with Crippen LogP contribution < -0.4 is 15.4 Å². The SMILES string of the molecule is O=C(O)CNC(=O)[C@H](CS)NC(=O)CC[C@H](NSOP(=O)(O)O)C(=O)O. The normalized spacial score (nSPS) is 13.5. The van der Waals surface area contributed by atoms with Gasteiger partial charge >= 0.3 is 19.8 Å². The molecule has 0 radical (unpaired) electrons. The second-order valence-corrected chi connectivity index (χ2v) is 6.95. The lowest BCUT2D eigenvalue weighted by atomic mass is 10.1. The van der Waals surface area contributed by atoms with Crippen molar-refractivity contribution in [2.45, 2.75) is 24.9 Å². The van der Waals surface area contributed by atoms with E-state index in [4.69, 9.17) is 20.0 Å². The minimum Gasteiger partial charge on any atom is -0.480 e. The van der Waals surface area contributed by atoms with Crippen molar-refractivity contribution in [1.29, 1.82) is 0 Å². The molecular weight excluding hydrogens is 417 g/mol. The van der Waals surface area contributed by atoms with E-state index >= 15 is 0 Å². The molecule has 0 aliphatic heterocycles. The minimum atomic E-state index is -4.80. The molecule has 0 aliphatic carbocycles. The van der Waals surface area contributed by atoms with Crippen LogP contribution in [-0.4, -0.2) is 68.1 Å². The first-order valence-corrected chi connectivity index (χ1v) is 9.65. The van der Waals surface area contributed by atoms with Crippen molar-refractivity contribution < 1.29 is 47.7 Å². The van der Waals surface area contributed by atoms with Gasteiger partial charge in [0.05, 0.1) is 12.2 Å². The second kappa shape index (κ2) is 12.1. The Bertz CT molecular complexity index is 571. The molecule has 0 saturated carbocycles. The number of nitrogens with one attached hydrogen (secondary N) is 3. The Morgan fingerprint density at radius 2 is 1.77 bits per heavy atom. The summed E-state index contributed by atoms with van der Waals surface area (Å²) >= 11 is 3.89. The zero-order valence-corrected chi connectivity index (χ0v) is 15.6. The predicted molar refractivity (Wildman–Crippen MR) is 90.9 cm³/mol. The number of hydrogen-bond donors (Lipinski definition) is 8. The summed E-state index contributed by atoms with van der Waals surface area (Å²) in [5.74, 6) is -4.26. The Balaban J connectivity index is 4.44. The Morgan fingerprint density at radius 1 is 1.15 bits per heavy atom. The van der Waals surface area contributed by atoms with Gasteiger partial charge in [-0.2, -0.15) is 16.6 Å². The number of aliphatic carboxylic acids is 2. The zero-order chi connectivity index (χ0) is 20.3. The van der Waals surface area contributed by atoms with Crippen molar-refractivity contribution in [2.24, 2.45) is 0 Å². The maximum atomic E-state index is 11.8. The molecule has 0 aliphatic rings. The molecule has 0 aromatic rings. The van der Waals surface area contributed by atoms with E-state index in [0.29, 0.717) is 0 Å². The summed E-state index contributed by atoms with van der Waals surface area (Å²) in [6.07, 6.45) is -0.633. The third-order valence-corrected chi connectivity index (χ3v) is 4.35. The fourth-order valence-corrected chi connectivity index (χ4v) is 2.54. The van der Waals surface area contributed by atoms with Crippen molar-refractivity contribution in [1.82, 2.24) is 15.4 Å². The number of carbonyl (C=O) groups excluding carboxylic acids is 2. The van der Waals surface area contributed by atoms with E-state index in [0.717, 1.165) is 0 Å². The van der Waals surface area contributed by atoms with Gasteiger partial charge in [-0.1, -0.05) is 0 Å². The lowest BCUT2D eigenvalue weighted by Gasteiger charge is -2.17. The third-order valence-electron chi connectivity index (χ3n) is 2.53. The molecule has 0 saturated heterocycles. The van der Waals surface area contributed by atoms with Crippen LogP contribution in [-0.2, 0) is 27.7 Å². The van der Waals surface area contributed by atoms with Crippen molar-refractivity contribution in [3.05, 3.63) is 0 Å². The highest BCUT2D eigenvalue weighted by molar-refractivity contribution is 7.96. The second-order valence-electron chi connectivity index (χ2n) is 4.61. The number of carbonyl (C=O) groups is 4. The maximum Gasteiger partial charge on any atom is 0.481 e. The van der Waals surface area contributed by atoms with Crippen LogP contribution in [0.2, 0.25) is 0 Å². The largest absolute Gasteiger partial charge is 0.481 e. The number of rotatable bonds is 13. The van der Waals surface area contributed by atoms with E-state index in [-0.39, 0.29) is 30.8 Å². The zero-order valence-electron chi connectivity index (χ0n) is 13.0. The maximum absolute atomic E-state index is 11.8. The van der Waals surface area contributed by atoms with Gasteiger partial charge in [-0.25, -0.2) is 9.29 Å². The molecule has 0 bridgehead atoms. The molecule has 7 N–H and O–H groups in total. The Morgan fingerprint density at radius 3 is 2.23 bits per heavy atom. The van der Waals surface area contributed by atoms with Crippen LogP contribution >= 0.6 is 32.7 Å². The summed E-state index contributed by atoms with van der Waals surface area (Å²) in [6.45, 7) is -0.638. The monoisotopic (exact) mass is 435 g/mol. The highest BCUT2D eigenvalue weighted by atomic mass is 32.2. The average molecular weight is 435 g/mol. The van der Waals surface area contributed by atoms with Crippen LogP contribution in [0.25, 0.3) is 0 Å². The van der Waals surface area contributed by atoms with Crippen LogP contribution in [0.5, 0.6) is 0 Å². The average Bonchev–Trinajstić information content (AvgIpc) is 2.51. The quantitative estimate of drug-likeness (QED) is 0.0689. The Kier molecular flexibility index (Phi) is 11.5. The summed E-state index contributed by atoms with van der Waals surface area (Å²) in [6, 6.07) is -2.48. The van der Waals surface area contributed by atoms with E-state index < -0.39 is 50.2 Å². The topological polar surface area (TPSA) is 212 Å². The molecule has 0 spiro atoms. The van der Waals surface area contributed by atoms with Gasteiger partial charge in [-0.15, -0.1) is 0 Å². The fourth-order valence-electron chi connectivity index (χ4n) is 1.38. The number of phosphoric acid groups is 1. The molecule has 2 amide bonds. The van der Waals surface area contributed by atoms with Crippen LogP contribution in [0.4, 0.5) is 0 Å². The first-order valence-electron chi connectivity index (χ1n) is 6.75. The highest BCUT2D eigenvalue weighted by Crippen LogP contribution is 2.40. The summed E-state index contributed by atoms with van der Waals surface area (Å²) in [7, 11) is -4.80. The minimum absolute atomic E-state index is 0.0233. The number of amides is 2. The molecule has 16 heteroatoms. The summed E-state index contributed by atoms with van der Waals surface area (Å²) < 4.78 is 16.6. The number of carboxylic acid groups (broad SMARTS) is 2. The molecule has 150 valence electrons. The van der Waals surface area contributed by atoms with Crippen molar-refractivity contribution in [3.63, 3.8) is 0 Å².